The second-order valence-corrected chi connectivity index (χ2v) is 6.41. The lowest BCUT2D eigenvalue weighted by Gasteiger charge is -2.26. The van der Waals surface area contributed by atoms with Crippen LogP contribution in [0.5, 0.6) is 0 Å². The molecule has 5 nitrogen and oxygen atoms in total. The van der Waals surface area contributed by atoms with Crippen molar-refractivity contribution in [3.05, 3.63) is 0 Å². The van der Waals surface area contributed by atoms with Crippen LogP contribution >= 0.6 is 0 Å². The van der Waals surface area contributed by atoms with Crippen molar-refractivity contribution in [3.8, 4) is 0 Å². The first-order valence-electron chi connectivity index (χ1n) is 6.83. The van der Waals surface area contributed by atoms with Crippen LogP contribution in [0.15, 0.2) is 0 Å². The molecule has 0 radical (unpaired) electrons. The summed E-state index contributed by atoms with van der Waals surface area (Å²) in [5.74, 6) is 0. The quantitative estimate of drug-likeness (QED) is 0.760. The zero-order valence-electron chi connectivity index (χ0n) is 11.7. The first-order chi connectivity index (χ1) is 8.35. The molecule has 2 aliphatic heterocycles. The third-order valence-corrected chi connectivity index (χ3v) is 3.59. The maximum atomic E-state index is 11.9. The van der Waals surface area contributed by atoms with Crippen LogP contribution in [0.1, 0.15) is 33.6 Å². The SMILES string of the molecule is CC(C)(C)OC(=O)N1CCC(N2CC[C@H](N)C2)C1. The van der Waals surface area contributed by atoms with Crippen molar-refractivity contribution >= 4 is 6.09 Å². The van der Waals surface area contributed by atoms with Crippen molar-refractivity contribution in [3.63, 3.8) is 0 Å². The summed E-state index contributed by atoms with van der Waals surface area (Å²) < 4.78 is 5.40. The van der Waals surface area contributed by atoms with Crippen molar-refractivity contribution in [2.45, 2.75) is 51.3 Å². The Bertz CT molecular complexity index is 314. The molecule has 2 fully saturated rings. The number of likely N-dealkylation sites (tertiary alicyclic amines) is 2. The van der Waals surface area contributed by atoms with E-state index in [9.17, 15) is 4.79 Å². The molecule has 104 valence electrons. The standard InChI is InChI=1S/C13H25N3O2/c1-13(2,3)18-12(17)16-7-5-11(9-16)15-6-4-10(14)8-15/h10-11H,4-9,14H2,1-3H3/t10-,11?/m0/s1. The van der Waals surface area contributed by atoms with E-state index in [0.717, 1.165) is 39.0 Å². The lowest BCUT2D eigenvalue weighted by Crippen LogP contribution is -2.40. The number of nitrogens with zero attached hydrogens (tertiary/aromatic N) is 2. The van der Waals surface area contributed by atoms with Gasteiger partial charge in [-0.2, -0.15) is 0 Å². The Morgan fingerprint density at radius 3 is 2.50 bits per heavy atom. The highest BCUT2D eigenvalue weighted by Crippen LogP contribution is 2.21. The average molecular weight is 255 g/mol. The van der Waals surface area contributed by atoms with Crippen molar-refractivity contribution in [1.82, 2.24) is 9.80 Å². The van der Waals surface area contributed by atoms with Gasteiger partial charge in [-0.25, -0.2) is 4.79 Å². The Hall–Kier alpha value is -0.810. The molecule has 0 aromatic heterocycles. The van der Waals surface area contributed by atoms with Gasteiger partial charge in [-0.15, -0.1) is 0 Å². The number of hydrogen-bond donors (Lipinski definition) is 1. The fraction of sp³-hybridized carbons (Fsp3) is 0.923. The van der Waals surface area contributed by atoms with Gasteiger partial charge < -0.3 is 15.4 Å². The van der Waals surface area contributed by atoms with Gasteiger partial charge in [0.1, 0.15) is 5.60 Å². The predicted octanol–water partition coefficient (Wildman–Crippen LogP) is 1.03. The van der Waals surface area contributed by atoms with E-state index in [0.29, 0.717) is 12.1 Å². The second-order valence-electron chi connectivity index (χ2n) is 6.41. The summed E-state index contributed by atoms with van der Waals surface area (Å²) in [6.07, 6.45) is 1.92. The third-order valence-electron chi connectivity index (χ3n) is 3.59. The van der Waals surface area contributed by atoms with Crippen molar-refractivity contribution in [1.29, 1.82) is 0 Å². The normalized spacial score (nSPS) is 29.9. The summed E-state index contributed by atoms with van der Waals surface area (Å²) in [6, 6.07) is 0.770. The van der Waals surface area contributed by atoms with E-state index >= 15 is 0 Å². The molecule has 0 spiro atoms. The number of carbonyl (C=O) groups excluding carboxylic acids is 1. The van der Waals surface area contributed by atoms with Gasteiger partial charge in [-0.05, 0) is 33.6 Å². The molecule has 1 unspecified atom stereocenters. The monoisotopic (exact) mass is 255 g/mol. The number of ether oxygens (including phenoxy) is 1. The predicted molar refractivity (Wildman–Crippen MR) is 70.4 cm³/mol. The van der Waals surface area contributed by atoms with Crippen LogP contribution in [0.25, 0.3) is 0 Å². The molecule has 18 heavy (non-hydrogen) atoms. The number of hydrogen-bond acceptors (Lipinski definition) is 4. The molecule has 1 amide bonds. The van der Waals surface area contributed by atoms with Gasteiger partial charge in [-0.1, -0.05) is 0 Å². The van der Waals surface area contributed by atoms with Crippen LogP contribution < -0.4 is 5.73 Å². The van der Waals surface area contributed by atoms with Gasteiger partial charge in [-0.3, -0.25) is 4.90 Å². The number of carbonyl (C=O) groups is 1. The molecule has 5 heteroatoms. The van der Waals surface area contributed by atoms with Crippen molar-refractivity contribution in [2.24, 2.45) is 5.73 Å². The average Bonchev–Trinajstić information content (AvgIpc) is 2.82. The van der Waals surface area contributed by atoms with Crippen LogP contribution in [0, 0.1) is 0 Å². The molecule has 2 atom stereocenters. The van der Waals surface area contributed by atoms with Crippen LogP contribution in [0.2, 0.25) is 0 Å². The van der Waals surface area contributed by atoms with Crippen LogP contribution in [0.4, 0.5) is 4.79 Å². The fourth-order valence-corrected chi connectivity index (χ4v) is 2.68. The maximum Gasteiger partial charge on any atom is 0.410 e. The van der Waals surface area contributed by atoms with E-state index in [1.54, 1.807) is 0 Å². The Morgan fingerprint density at radius 2 is 1.94 bits per heavy atom. The molecule has 2 saturated heterocycles. The van der Waals surface area contributed by atoms with Crippen molar-refractivity contribution < 1.29 is 9.53 Å². The van der Waals surface area contributed by atoms with E-state index in [2.05, 4.69) is 4.90 Å². The van der Waals surface area contributed by atoms with E-state index < -0.39 is 5.60 Å². The van der Waals surface area contributed by atoms with Crippen LogP contribution in [-0.2, 0) is 4.74 Å². The smallest absolute Gasteiger partial charge is 0.410 e. The number of nitrogens with two attached hydrogens (primary N) is 1. The molecule has 0 aliphatic carbocycles. The summed E-state index contributed by atoms with van der Waals surface area (Å²) in [4.78, 5) is 16.2. The maximum absolute atomic E-state index is 11.9. The van der Waals surface area contributed by atoms with Crippen LogP contribution in [0.3, 0.4) is 0 Å². The highest BCUT2D eigenvalue weighted by molar-refractivity contribution is 5.68. The molecular formula is C13H25N3O2. The molecule has 0 aromatic carbocycles. The van der Waals surface area contributed by atoms with E-state index in [-0.39, 0.29) is 6.09 Å². The second kappa shape index (κ2) is 5.05. The van der Waals surface area contributed by atoms with Gasteiger partial charge in [0, 0.05) is 38.3 Å². The minimum atomic E-state index is -0.412. The summed E-state index contributed by atoms with van der Waals surface area (Å²) in [5, 5.41) is 0. The molecule has 2 N–H and O–H groups in total. The van der Waals surface area contributed by atoms with Crippen molar-refractivity contribution in [2.75, 3.05) is 26.2 Å². The largest absolute Gasteiger partial charge is 0.444 e. The highest BCUT2D eigenvalue weighted by atomic mass is 16.6. The fourth-order valence-electron chi connectivity index (χ4n) is 2.68. The molecule has 2 rings (SSSR count). The van der Waals surface area contributed by atoms with Gasteiger partial charge in [0.15, 0.2) is 0 Å². The minimum Gasteiger partial charge on any atom is -0.444 e. The zero-order valence-corrected chi connectivity index (χ0v) is 11.7. The van der Waals surface area contributed by atoms with Gasteiger partial charge in [0.2, 0.25) is 0 Å². The Balaban J connectivity index is 1.83. The number of rotatable bonds is 1. The van der Waals surface area contributed by atoms with E-state index in [1.165, 1.54) is 0 Å². The summed E-state index contributed by atoms with van der Waals surface area (Å²) in [7, 11) is 0. The van der Waals surface area contributed by atoms with Gasteiger partial charge in [0.05, 0.1) is 0 Å². The van der Waals surface area contributed by atoms with E-state index in [1.807, 2.05) is 25.7 Å². The Morgan fingerprint density at radius 1 is 1.22 bits per heavy atom. The first-order valence-corrected chi connectivity index (χ1v) is 6.83. The first kappa shape index (κ1) is 13.6. The van der Waals surface area contributed by atoms with E-state index in [4.69, 9.17) is 10.5 Å². The minimum absolute atomic E-state index is 0.187. The molecule has 2 aliphatic rings. The molecule has 2 heterocycles. The van der Waals surface area contributed by atoms with Gasteiger partial charge >= 0.3 is 6.09 Å². The molecule has 0 saturated carbocycles. The Labute approximate surface area is 109 Å². The molecule has 0 aromatic rings. The topological polar surface area (TPSA) is 58.8 Å². The lowest BCUT2D eigenvalue weighted by molar-refractivity contribution is 0.0282. The molecular weight excluding hydrogens is 230 g/mol. The lowest BCUT2D eigenvalue weighted by atomic mass is 10.2. The highest BCUT2D eigenvalue weighted by Gasteiger charge is 2.34. The number of amides is 1. The third kappa shape index (κ3) is 3.36. The summed E-state index contributed by atoms with van der Waals surface area (Å²) >= 11 is 0. The summed E-state index contributed by atoms with van der Waals surface area (Å²) in [6.45, 7) is 9.31. The Kier molecular flexibility index (Phi) is 3.82. The zero-order chi connectivity index (χ0) is 13.3. The summed E-state index contributed by atoms with van der Waals surface area (Å²) in [5.41, 5.74) is 5.51. The van der Waals surface area contributed by atoms with Crippen LogP contribution in [-0.4, -0.2) is 59.8 Å². The molecule has 0 bridgehead atoms. The van der Waals surface area contributed by atoms with Gasteiger partial charge in [0.25, 0.3) is 0 Å².